The third-order valence-electron chi connectivity index (χ3n) is 10.4. The molecule has 8 aromatic rings. The van der Waals surface area contributed by atoms with Gasteiger partial charge in [0.1, 0.15) is 11.5 Å². The van der Waals surface area contributed by atoms with Crippen LogP contribution in [0.15, 0.2) is 146 Å². The summed E-state index contributed by atoms with van der Waals surface area (Å²) in [5.74, 6) is 1.85. The second kappa shape index (κ2) is 9.19. The van der Waals surface area contributed by atoms with Crippen molar-refractivity contribution in [2.75, 3.05) is 0 Å². The molecule has 8 aromatic carbocycles. The van der Waals surface area contributed by atoms with E-state index in [2.05, 4.69) is 159 Å². The van der Waals surface area contributed by atoms with E-state index in [0.29, 0.717) is 0 Å². The lowest BCUT2D eigenvalue weighted by atomic mass is 9.80. The van der Waals surface area contributed by atoms with Crippen LogP contribution in [0.3, 0.4) is 0 Å². The Balaban J connectivity index is 1.11. The summed E-state index contributed by atoms with van der Waals surface area (Å²) in [6.45, 7) is 4.76. The minimum atomic E-state index is -0.136. The van der Waals surface area contributed by atoms with Crippen LogP contribution in [0.4, 0.5) is 0 Å². The number of hydrogen-bond donors (Lipinski definition) is 0. The molecule has 0 bridgehead atoms. The topological polar surface area (TPSA) is 9.23 Å². The maximum atomic E-state index is 6.39. The molecule has 10 rings (SSSR count). The van der Waals surface area contributed by atoms with Gasteiger partial charge in [-0.05, 0) is 113 Å². The molecule has 46 heavy (non-hydrogen) atoms. The van der Waals surface area contributed by atoms with Crippen LogP contribution in [0.5, 0.6) is 11.5 Å². The largest absolute Gasteiger partial charge is 0.456 e. The Hall–Kier alpha value is -5.66. The Labute approximate surface area is 268 Å². The summed E-state index contributed by atoms with van der Waals surface area (Å²) in [7, 11) is 0. The summed E-state index contributed by atoms with van der Waals surface area (Å²) < 4.78 is 6.39. The first-order valence-electron chi connectivity index (χ1n) is 16.1. The van der Waals surface area contributed by atoms with Crippen molar-refractivity contribution in [1.82, 2.24) is 0 Å². The standard InChI is InChI=1S/C45H30O/c1-45(2)40-25-30(29-20-22-42-39(23-29)36-17-6-11-28-12-8-18-43(46-42)44(28)36)19-21-35(40)38-24-31-13-7-16-34(37(31)26-41(38)45)33-15-5-10-27-9-3-4-14-32(27)33/h3-26H,1-2H3. The molecule has 0 spiro atoms. The fraction of sp³-hybridized carbons (Fsp3) is 0.0667. The second-order valence-electron chi connectivity index (χ2n) is 13.3. The molecule has 1 heterocycles. The number of hydrogen-bond acceptors (Lipinski definition) is 1. The van der Waals surface area contributed by atoms with Crippen LogP contribution < -0.4 is 4.74 Å². The van der Waals surface area contributed by atoms with Gasteiger partial charge >= 0.3 is 0 Å². The van der Waals surface area contributed by atoms with Crippen LogP contribution in [0.2, 0.25) is 0 Å². The molecule has 216 valence electrons. The summed E-state index contributed by atoms with van der Waals surface area (Å²) in [6, 6.07) is 53.5. The third-order valence-corrected chi connectivity index (χ3v) is 10.4. The Kier molecular flexibility index (Phi) is 5.12. The summed E-state index contributed by atoms with van der Waals surface area (Å²) in [4.78, 5) is 0. The van der Waals surface area contributed by atoms with Crippen molar-refractivity contribution in [1.29, 1.82) is 0 Å². The van der Waals surface area contributed by atoms with E-state index in [1.807, 2.05) is 0 Å². The molecule has 0 atom stereocenters. The van der Waals surface area contributed by atoms with Crippen LogP contribution in [-0.4, -0.2) is 0 Å². The zero-order valence-electron chi connectivity index (χ0n) is 25.8. The fourth-order valence-electron chi connectivity index (χ4n) is 8.12. The van der Waals surface area contributed by atoms with E-state index in [1.54, 1.807) is 0 Å². The van der Waals surface area contributed by atoms with Crippen molar-refractivity contribution in [3.63, 3.8) is 0 Å². The summed E-state index contributed by atoms with van der Waals surface area (Å²) >= 11 is 0. The van der Waals surface area contributed by atoms with Crippen molar-refractivity contribution >= 4 is 32.3 Å². The lowest BCUT2D eigenvalue weighted by Gasteiger charge is -2.23. The summed E-state index contributed by atoms with van der Waals surface area (Å²) in [5, 5.41) is 7.55. The van der Waals surface area contributed by atoms with Gasteiger partial charge in [0, 0.05) is 16.4 Å². The Morgan fingerprint density at radius 2 is 1.04 bits per heavy atom. The molecule has 0 saturated carbocycles. The lowest BCUT2D eigenvalue weighted by Crippen LogP contribution is -2.15. The molecule has 0 saturated heterocycles. The predicted octanol–water partition coefficient (Wildman–Crippen LogP) is 12.6. The maximum absolute atomic E-state index is 6.39. The SMILES string of the molecule is CC1(C)c2cc(-c3ccc4c(c3)-c3cccc5cccc(c35)O4)ccc2-c2cc3cccc(-c4cccc5ccccc45)c3cc21. The molecule has 0 fully saturated rings. The molecule has 2 aliphatic rings. The number of rotatable bonds is 2. The van der Waals surface area contributed by atoms with Crippen LogP contribution in [-0.2, 0) is 5.41 Å². The summed E-state index contributed by atoms with van der Waals surface area (Å²) in [6.07, 6.45) is 0. The van der Waals surface area contributed by atoms with Crippen LogP contribution in [0.25, 0.3) is 76.8 Å². The van der Waals surface area contributed by atoms with E-state index in [9.17, 15) is 0 Å². The van der Waals surface area contributed by atoms with Gasteiger partial charge in [0.2, 0.25) is 0 Å². The highest BCUT2D eigenvalue weighted by Crippen LogP contribution is 2.52. The van der Waals surface area contributed by atoms with Gasteiger partial charge in [-0.1, -0.05) is 123 Å². The van der Waals surface area contributed by atoms with Gasteiger partial charge in [0.15, 0.2) is 0 Å². The average Bonchev–Trinajstić information content (AvgIpc) is 3.31. The highest BCUT2D eigenvalue weighted by Gasteiger charge is 2.36. The molecule has 0 radical (unpaired) electrons. The monoisotopic (exact) mass is 586 g/mol. The van der Waals surface area contributed by atoms with Gasteiger partial charge in [-0.25, -0.2) is 0 Å². The average molecular weight is 587 g/mol. The van der Waals surface area contributed by atoms with Gasteiger partial charge in [-0.2, -0.15) is 0 Å². The minimum absolute atomic E-state index is 0.136. The van der Waals surface area contributed by atoms with E-state index in [0.717, 1.165) is 17.1 Å². The zero-order valence-corrected chi connectivity index (χ0v) is 25.8. The van der Waals surface area contributed by atoms with Crippen LogP contribution in [0, 0.1) is 0 Å². The zero-order chi connectivity index (χ0) is 30.6. The van der Waals surface area contributed by atoms with Crippen molar-refractivity contribution < 1.29 is 4.74 Å². The van der Waals surface area contributed by atoms with Crippen molar-refractivity contribution in [3.05, 3.63) is 157 Å². The van der Waals surface area contributed by atoms with Gasteiger partial charge < -0.3 is 4.74 Å². The van der Waals surface area contributed by atoms with E-state index in [-0.39, 0.29) is 5.41 Å². The number of benzene rings is 8. The molecule has 0 aromatic heterocycles. The normalized spacial score (nSPS) is 13.8. The molecular weight excluding hydrogens is 556 g/mol. The molecule has 1 aliphatic carbocycles. The highest BCUT2D eigenvalue weighted by molar-refractivity contribution is 6.08. The Morgan fingerprint density at radius 3 is 1.91 bits per heavy atom. The fourth-order valence-corrected chi connectivity index (χ4v) is 8.12. The van der Waals surface area contributed by atoms with Crippen molar-refractivity contribution in [2.45, 2.75) is 19.3 Å². The lowest BCUT2D eigenvalue weighted by molar-refractivity contribution is 0.487. The minimum Gasteiger partial charge on any atom is -0.456 e. The van der Waals surface area contributed by atoms with Crippen molar-refractivity contribution in [2.24, 2.45) is 0 Å². The predicted molar refractivity (Wildman–Crippen MR) is 193 cm³/mol. The molecular formula is C45H30O. The van der Waals surface area contributed by atoms with Gasteiger partial charge in [0.25, 0.3) is 0 Å². The summed E-state index contributed by atoms with van der Waals surface area (Å²) in [5.41, 5.74) is 12.7. The molecule has 0 N–H and O–H groups in total. The Morgan fingerprint density at radius 1 is 0.391 bits per heavy atom. The first-order chi connectivity index (χ1) is 22.5. The Bertz CT molecular complexity index is 2570. The van der Waals surface area contributed by atoms with E-state index >= 15 is 0 Å². The van der Waals surface area contributed by atoms with Crippen molar-refractivity contribution in [3.8, 4) is 56.0 Å². The van der Waals surface area contributed by atoms with E-state index in [4.69, 9.17) is 4.74 Å². The van der Waals surface area contributed by atoms with Crippen LogP contribution >= 0.6 is 0 Å². The van der Waals surface area contributed by atoms with Gasteiger partial charge in [-0.15, -0.1) is 0 Å². The number of ether oxygens (including phenoxy) is 1. The molecule has 0 unspecified atom stereocenters. The van der Waals surface area contributed by atoms with Gasteiger partial charge in [-0.3, -0.25) is 0 Å². The van der Waals surface area contributed by atoms with Gasteiger partial charge in [0.05, 0.1) is 0 Å². The first-order valence-corrected chi connectivity index (χ1v) is 16.1. The number of fused-ring (bicyclic) bond motifs is 7. The second-order valence-corrected chi connectivity index (χ2v) is 13.3. The molecule has 1 heteroatoms. The molecule has 1 aliphatic heterocycles. The van der Waals surface area contributed by atoms with E-state index < -0.39 is 0 Å². The first kappa shape index (κ1) is 25.6. The molecule has 1 nitrogen and oxygen atoms in total. The van der Waals surface area contributed by atoms with E-state index in [1.165, 1.54) is 82.4 Å². The third kappa shape index (κ3) is 3.51. The molecule has 0 amide bonds. The maximum Gasteiger partial charge on any atom is 0.135 e. The smallest absolute Gasteiger partial charge is 0.135 e. The quantitative estimate of drug-likeness (QED) is 0.196. The highest BCUT2D eigenvalue weighted by atomic mass is 16.5. The van der Waals surface area contributed by atoms with Crippen LogP contribution in [0.1, 0.15) is 25.0 Å².